The molecule has 0 aliphatic carbocycles. The summed E-state index contributed by atoms with van der Waals surface area (Å²) in [6.45, 7) is 1.31. The molecule has 70 valence electrons. The molecule has 0 saturated heterocycles. The third kappa shape index (κ3) is 2.34. The Morgan fingerprint density at radius 3 is 2.62 bits per heavy atom. The Bertz CT molecular complexity index is 338. The normalized spacial score (nSPS) is 12.6. The van der Waals surface area contributed by atoms with E-state index in [0.29, 0.717) is 0 Å². The lowest BCUT2D eigenvalue weighted by Gasteiger charge is -2.06. The molecule has 0 bridgehead atoms. The highest BCUT2D eigenvalue weighted by atomic mass is 79.9. The minimum atomic E-state index is -0.775. The van der Waals surface area contributed by atoms with Gasteiger partial charge in [0.2, 0.25) is 0 Å². The minimum Gasteiger partial charge on any atom is -0.298 e. The van der Waals surface area contributed by atoms with Gasteiger partial charge in [-0.05, 0) is 25.1 Å². The highest BCUT2D eigenvalue weighted by Gasteiger charge is 2.17. The molecule has 0 aliphatic heterocycles. The van der Waals surface area contributed by atoms with Crippen molar-refractivity contribution in [2.24, 2.45) is 0 Å². The van der Waals surface area contributed by atoms with Crippen LogP contribution in [0.5, 0.6) is 0 Å². The van der Waals surface area contributed by atoms with E-state index in [1.807, 2.05) is 0 Å². The first-order valence-corrected chi connectivity index (χ1v) is 4.53. The average molecular weight is 249 g/mol. The van der Waals surface area contributed by atoms with Crippen molar-refractivity contribution in [2.45, 2.75) is 11.8 Å². The molecule has 0 aliphatic rings. The lowest BCUT2D eigenvalue weighted by Crippen LogP contribution is -2.03. The first kappa shape index (κ1) is 10.3. The molecule has 0 radical (unpaired) electrons. The van der Waals surface area contributed by atoms with Crippen LogP contribution in [0.25, 0.3) is 0 Å². The summed E-state index contributed by atoms with van der Waals surface area (Å²) in [4.78, 5) is 10.1. The average Bonchev–Trinajstić information content (AvgIpc) is 2.08. The summed E-state index contributed by atoms with van der Waals surface area (Å²) in [6, 6.07) is 3.02. The molecule has 1 rings (SSSR count). The number of alkyl halides is 1. The van der Waals surface area contributed by atoms with Crippen LogP contribution in [0.15, 0.2) is 18.2 Å². The van der Waals surface area contributed by atoms with Crippen LogP contribution in [-0.4, -0.2) is 5.78 Å². The van der Waals surface area contributed by atoms with Gasteiger partial charge in [-0.1, -0.05) is 15.9 Å². The second kappa shape index (κ2) is 3.96. The van der Waals surface area contributed by atoms with E-state index < -0.39 is 16.5 Å². The SMILES string of the molecule is CC(=O)C(Br)c1cc(F)ccc1F. The van der Waals surface area contributed by atoms with Crippen molar-refractivity contribution in [1.29, 1.82) is 0 Å². The van der Waals surface area contributed by atoms with Crippen LogP contribution in [0.2, 0.25) is 0 Å². The molecule has 0 aromatic heterocycles. The van der Waals surface area contributed by atoms with Crippen LogP contribution in [0.3, 0.4) is 0 Å². The highest BCUT2D eigenvalue weighted by Crippen LogP contribution is 2.26. The molecular weight excluding hydrogens is 242 g/mol. The van der Waals surface area contributed by atoms with Gasteiger partial charge >= 0.3 is 0 Å². The number of hydrogen-bond donors (Lipinski definition) is 0. The lowest BCUT2D eigenvalue weighted by molar-refractivity contribution is -0.116. The maximum atomic E-state index is 13.0. The van der Waals surface area contributed by atoms with Crippen LogP contribution in [0.1, 0.15) is 17.3 Å². The molecule has 0 heterocycles. The maximum absolute atomic E-state index is 13.0. The Labute approximate surface area is 82.9 Å². The van der Waals surface area contributed by atoms with Crippen LogP contribution >= 0.6 is 15.9 Å². The maximum Gasteiger partial charge on any atom is 0.147 e. The van der Waals surface area contributed by atoms with Crippen molar-refractivity contribution in [3.8, 4) is 0 Å². The molecule has 1 aromatic carbocycles. The summed E-state index contributed by atoms with van der Waals surface area (Å²) >= 11 is 2.98. The molecule has 1 atom stereocenters. The van der Waals surface area contributed by atoms with Crippen LogP contribution in [-0.2, 0) is 4.79 Å². The minimum absolute atomic E-state index is 0.0347. The van der Waals surface area contributed by atoms with Crippen molar-refractivity contribution in [2.75, 3.05) is 0 Å². The number of carbonyl (C=O) groups excluding carboxylic acids is 1. The van der Waals surface area contributed by atoms with Gasteiger partial charge in [-0.25, -0.2) is 8.78 Å². The van der Waals surface area contributed by atoms with Crippen molar-refractivity contribution in [3.63, 3.8) is 0 Å². The van der Waals surface area contributed by atoms with Gasteiger partial charge in [0.25, 0.3) is 0 Å². The molecule has 1 unspecified atom stereocenters. The molecule has 1 aromatic rings. The van der Waals surface area contributed by atoms with Gasteiger partial charge in [-0.15, -0.1) is 0 Å². The molecule has 4 heteroatoms. The number of ketones is 1. The van der Waals surface area contributed by atoms with Gasteiger partial charge in [0, 0.05) is 5.56 Å². The first-order valence-electron chi connectivity index (χ1n) is 3.62. The lowest BCUT2D eigenvalue weighted by atomic mass is 10.1. The Kier molecular flexibility index (Phi) is 3.14. The summed E-state index contributed by atoms with van der Waals surface area (Å²) in [7, 11) is 0. The van der Waals surface area contributed by atoms with Gasteiger partial charge in [0.15, 0.2) is 0 Å². The zero-order valence-corrected chi connectivity index (χ0v) is 8.44. The van der Waals surface area contributed by atoms with Crippen LogP contribution in [0.4, 0.5) is 8.78 Å². The highest BCUT2D eigenvalue weighted by molar-refractivity contribution is 9.09. The third-order valence-corrected chi connectivity index (χ3v) is 2.73. The van der Waals surface area contributed by atoms with Gasteiger partial charge in [-0.2, -0.15) is 0 Å². The van der Waals surface area contributed by atoms with E-state index in [9.17, 15) is 13.6 Å². The summed E-state index contributed by atoms with van der Waals surface area (Å²) < 4.78 is 25.7. The van der Waals surface area contributed by atoms with E-state index in [0.717, 1.165) is 18.2 Å². The number of halogens is 3. The van der Waals surface area contributed by atoms with E-state index >= 15 is 0 Å². The number of rotatable bonds is 2. The van der Waals surface area contributed by atoms with Gasteiger partial charge in [-0.3, -0.25) is 4.79 Å². The summed E-state index contributed by atoms with van der Waals surface area (Å²) in [5.74, 6) is -1.40. The van der Waals surface area contributed by atoms with Gasteiger partial charge < -0.3 is 0 Å². The van der Waals surface area contributed by atoms with Crippen LogP contribution < -0.4 is 0 Å². The summed E-state index contributed by atoms with van der Waals surface area (Å²) in [5, 5.41) is 0. The van der Waals surface area contributed by atoms with Crippen LogP contribution in [0, 0.1) is 11.6 Å². The molecule has 0 fully saturated rings. The van der Waals surface area contributed by atoms with E-state index in [1.54, 1.807) is 0 Å². The Morgan fingerprint density at radius 2 is 2.08 bits per heavy atom. The second-order valence-corrected chi connectivity index (χ2v) is 3.55. The third-order valence-electron chi connectivity index (χ3n) is 1.59. The van der Waals surface area contributed by atoms with Crippen molar-refractivity contribution in [1.82, 2.24) is 0 Å². The standard InChI is InChI=1S/C9H7BrF2O/c1-5(13)9(10)7-4-6(11)2-3-8(7)12/h2-4,9H,1H3. The Balaban J connectivity index is 3.12. The molecular formula is C9H7BrF2O. The fourth-order valence-electron chi connectivity index (χ4n) is 0.928. The Hall–Kier alpha value is -0.770. The molecule has 13 heavy (non-hydrogen) atoms. The van der Waals surface area contributed by atoms with E-state index in [-0.39, 0.29) is 11.3 Å². The quantitative estimate of drug-likeness (QED) is 0.736. The summed E-state index contributed by atoms with van der Waals surface area (Å²) in [6.07, 6.45) is 0. The van der Waals surface area contributed by atoms with Gasteiger partial charge in [0.1, 0.15) is 22.2 Å². The fraction of sp³-hybridized carbons (Fsp3) is 0.222. The van der Waals surface area contributed by atoms with E-state index in [1.165, 1.54) is 6.92 Å². The van der Waals surface area contributed by atoms with E-state index in [2.05, 4.69) is 15.9 Å². The molecule has 1 nitrogen and oxygen atoms in total. The molecule has 0 saturated carbocycles. The molecule has 0 amide bonds. The number of benzene rings is 1. The van der Waals surface area contributed by atoms with E-state index in [4.69, 9.17) is 0 Å². The predicted octanol–water partition coefficient (Wildman–Crippen LogP) is 2.99. The van der Waals surface area contributed by atoms with Gasteiger partial charge in [0.05, 0.1) is 0 Å². The summed E-state index contributed by atoms with van der Waals surface area (Å²) in [5.41, 5.74) is 0.0347. The second-order valence-electron chi connectivity index (χ2n) is 2.64. The first-order chi connectivity index (χ1) is 6.02. The predicted molar refractivity (Wildman–Crippen MR) is 48.7 cm³/mol. The number of hydrogen-bond acceptors (Lipinski definition) is 1. The van der Waals surface area contributed by atoms with Crippen molar-refractivity contribution >= 4 is 21.7 Å². The number of carbonyl (C=O) groups is 1. The zero-order chi connectivity index (χ0) is 10.0. The Morgan fingerprint density at radius 1 is 1.46 bits per heavy atom. The molecule has 0 N–H and O–H groups in total. The number of Topliss-reactive ketones (excluding diaryl/α,β-unsaturated/α-hetero) is 1. The van der Waals surface area contributed by atoms with Crippen molar-refractivity contribution < 1.29 is 13.6 Å². The smallest absolute Gasteiger partial charge is 0.147 e. The largest absolute Gasteiger partial charge is 0.298 e. The van der Waals surface area contributed by atoms with Crippen molar-refractivity contribution in [3.05, 3.63) is 35.4 Å². The molecule has 0 spiro atoms. The topological polar surface area (TPSA) is 17.1 Å². The fourth-order valence-corrected chi connectivity index (χ4v) is 1.28. The monoisotopic (exact) mass is 248 g/mol. The zero-order valence-electron chi connectivity index (χ0n) is 6.85.